The zero-order valence-electron chi connectivity index (χ0n) is 8.22. The van der Waals surface area contributed by atoms with Crippen molar-refractivity contribution in [2.45, 2.75) is 17.7 Å². The van der Waals surface area contributed by atoms with Gasteiger partial charge in [0.15, 0.2) is 0 Å². The summed E-state index contributed by atoms with van der Waals surface area (Å²) in [4.78, 5) is 10.4. The van der Waals surface area contributed by atoms with Gasteiger partial charge in [0.25, 0.3) is 0 Å². The average Bonchev–Trinajstić information content (AvgIpc) is 2.27. The molecular formula is C11H12O3S. The van der Waals surface area contributed by atoms with Crippen LogP contribution in [0.4, 0.5) is 0 Å². The summed E-state index contributed by atoms with van der Waals surface area (Å²) in [5, 5.41) is 0. The summed E-state index contributed by atoms with van der Waals surface area (Å²) in [5.41, 5.74) is 0. The maximum absolute atomic E-state index is 11.8. The van der Waals surface area contributed by atoms with Crippen LogP contribution in [0.3, 0.4) is 0 Å². The first-order chi connectivity index (χ1) is 7.09. The van der Waals surface area contributed by atoms with Crippen LogP contribution in [-0.2, 0) is 14.6 Å². The molecule has 0 saturated heterocycles. The maximum Gasteiger partial charge on any atom is 0.202 e. The highest BCUT2D eigenvalue weighted by molar-refractivity contribution is 7.95. The van der Waals surface area contributed by atoms with Gasteiger partial charge in [0, 0.05) is 11.3 Å². The minimum Gasteiger partial charge on any atom is -0.303 e. The van der Waals surface area contributed by atoms with Crippen LogP contribution in [0.15, 0.2) is 46.7 Å². The summed E-state index contributed by atoms with van der Waals surface area (Å²) in [6.45, 7) is 3.49. The van der Waals surface area contributed by atoms with Crippen molar-refractivity contribution in [3.63, 3.8) is 0 Å². The second-order valence-corrected chi connectivity index (χ2v) is 5.12. The van der Waals surface area contributed by atoms with Crippen LogP contribution in [-0.4, -0.2) is 14.7 Å². The molecule has 1 aromatic carbocycles. The lowest BCUT2D eigenvalue weighted by molar-refractivity contribution is -0.107. The Morgan fingerprint density at radius 1 is 1.27 bits per heavy atom. The highest BCUT2D eigenvalue weighted by Crippen LogP contribution is 2.20. The summed E-state index contributed by atoms with van der Waals surface area (Å²) < 4.78 is 23.6. The van der Waals surface area contributed by atoms with Crippen LogP contribution < -0.4 is 0 Å². The van der Waals surface area contributed by atoms with Crippen molar-refractivity contribution >= 4 is 16.1 Å². The van der Waals surface area contributed by atoms with E-state index in [1.807, 2.05) is 0 Å². The minimum atomic E-state index is -3.46. The fourth-order valence-corrected chi connectivity index (χ4v) is 2.36. The monoisotopic (exact) mass is 224 g/mol. The van der Waals surface area contributed by atoms with Crippen LogP contribution in [0.25, 0.3) is 0 Å². The smallest absolute Gasteiger partial charge is 0.202 e. The third-order valence-electron chi connectivity index (χ3n) is 1.97. The average molecular weight is 224 g/mol. The summed E-state index contributed by atoms with van der Waals surface area (Å²) >= 11 is 0. The van der Waals surface area contributed by atoms with Gasteiger partial charge in [-0.25, -0.2) is 8.42 Å². The number of carbonyl (C=O) groups is 1. The molecule has 80 valence electrons. The maximum atomic E-state index is 11.8. The summed E-state index contributed by atoms with van der Waals surface area (Å²) in [6.07, 6.45) is 1.05. The van der Waals surface area contributed by atoms with Crippen molar-refractivity contribution in [2.75, 3.05) is 0 Å². The number of aldehydes is 1. The van der Waals surface area contributed by atoms with Crippen molar-refractivity contribution in [1.29, 1.82) is 0 Å². The molecule has 0 spiro atoms. The van der Waals surface area contributed by atoms with E-state index >= 15 is 0 Å². The number of rotatable bonds is 5. The lowest BCUT2D eigenvalue weighted by Gasteiger charge is -2.05. The van der Waals surface area contributed by atoms with Gasteiger partial charge in [-0.1, -0.05) is 24.8 Å². The van der Waals surface area contributed by atoms with E-state index in [-0.39, 0.29) is 22.6 Å². The fourth-order valence-electron chi connectivity index (χ4n) is 1.12. The van der Waals surface area contributed by atoms with E-state index in [0.29, 0.717) is 6.29 Å². The van der Waals surface area contributed by atoms with Crippen molar-refractivity contribution in [1.82, 2.24) is 0 Å². The standard InChI is InChI=1S/C11H12O3S/c1-10(6-5-9-12)15(13,14)11-7-3-2-4-8-11/h2-4,7-9H,1,5-6H2. The number of hydrogen-bond donors (Lipinski definition) is 0. The molecule has 0 aliphatic heterocycles. The topological polar surface area (TPSA) is 51.2 Å². The molecule has 15 heavy (non-hydrogen) atoms. The Morgan fingerprint density at radius 3 is 2.40 bits per heavy atom. The molecule has 0 atom stereocenters. The van der Waals surface area contributed by atoms with Crippen LogP contribution in [0.2, 0.25) is 0 Å². The molecule has 0 saturated carbocycles. The van der Waals surface area contributed by atoms with E-state index in [4.69, 9.17) is 0 Å². The van der Waals surface area contributed by atoms with Crippen molar-refractivity contribution < 1.29 is 13.2 Å². The molecule has 0 unspecified atom stereocenters. The lowest BCUT2D eigenvalue weighted by Crippen LogP contribution is -2.03. The van der Waals surface area contributed by atoms with Gasteiger partial charge in [-0.05, 0) is 18.6 Å². The molecular weight excluding hydrogens is 212 g/mol. The van der Waals surface area contributed by atoms with E-state index < -0.39 is 9.84 Å². The normalized spacial score (nSPS) is 10.9. The van der Waals surface area contributed by atoms with Gasteiger partial charge in [0.1, 0.15) is 6.29 Å². The quantitative estimate of drug-likeness (QED) is 0.718. The van der Waals surface area contributed by atoms with E-state index in [2.05, 4.69) is 6.58 Å². The van der Waals surface area contributed by atoms with Crippen molar-refractivity contribution in [3.8, 4) is 0 Å². The van der Waals surface area contributed by atoms with Crippen LogP contribution in [0.1, 0.15) is 12.8 Å². The molecule has 0 aliphatic rings. The zero-order valence-corrected chi connectivity index (χ0v) is 9.03. The molecule has 0 aromatic heterocycles. The van der Waals surface area contributed by atoms with Gasteiger partial charge >= 0.3 is 0 Å². The second kappa shape index (κ2) is 4.89. The Balaban J connectivity index is 2.94. The molecule has 1 rings (SSSR count). The van der Waals surface area contributed by atoms with Crippen molar-refractivity contribution in [3.05, 3.63) is 41.8 Å². The molecule has 0 N–H and O–H groups in total. The Labute approximate surface area is 89.4 Å². The first-order valence-corrected chi connectivity index (χ1v) is 5.99. The first kappa shape index (κ1) is 11.7. The fraction of sp³-hybridized carbons (Fsp3) is 0.182. The molecule has 0 bridgehead atoms. The van der Waals surface area contributed by atoms with E-state index in [9.17, 15) is 13.2 Å². The molecule has 0 aliphatic carbocycles. The highest BCUT2D eigenvalue weighted by atomic mass is 32.2. The third-order valence-corrected chi connectivity index (χ3v) is 3.83. The predicted octanol–water partition coefficient (Wildman–Crippen LogP) is 1.95. The molecule has 0 amide bonds. The number of carbonyl (C=O) groups excluding carboxylic acids is 1. The Hall–Kier alpha value is -1.42. The van der Waals surface area contributed by atoms with E-state index in [1.54, 1.807) is 18.2 Å². The minimum absolute atomic E-state index is 0.0841. The van der Waals surface area contributed by atoms with Gasteiger partial charge in [0.05, 0.1) is 4.90 Å². The summed E-state index contributed by atoms with van der Waals surface area (Å²) in [5.74, 6) is 0. The Morgan fingerprint density at radius 2 is 1.87 bits per heavy atom. The number of hydrogen-bond acceptors (Lipinski definition) is 3. The van der Waals surface area contributed by atoms with Crippen LogP contribution >= 0.6 is 0 Å². The number of allylic oxidation sites excluding steroid dienone is 1. The highest BCUT2D eigenvalue weighted by Gasteiger charge is 2.17. The Bertz CT molecular complexity index is 446. The second-order valence-electron chi connectivity index (χ2n) is 3.06. The van der Waals surface area contributed by atoms with Crippen molar-refractivity contribution in [2.24, 2.45) is 0 Å². The van der Waals surface area contributed by atoms with E-state index in [0.717, 1.165) is 0 Å². The molecule has 3 nitrogen and oxygen atoms in total. The largest absolute Gasteiger partial charge is 0.303 e. The van der Waals surface area contributed by atoms with Gasteiger partial charge < -0.3 is 4.79 Å². The summed E-state index contributed by atoms with van der Waals surface area (Å²) in [6, 6.07) is 8.08. The number of sulfone groups is 1. The molecule has 0 fully saturated rings. The van der Waals surface area contributed by atoms with Gasteiger partial charge in [-0.3, -0.25) is 0 Å². The van der Waals surface area contributed by atoms with Crippen LogP contribution in [0, 0.1) is 0 Å². The van der Waals surface area contributed by atoms with E-state index in [1.165, 1.54) is 12.1 Å². The van der Waals surface area contributed by atoms with Crippen LogP contribution in [0.5, 0.6) is 0 Å². The first-order valence-electron chi connectivity index (χ1n) is 4.50. The SMILES string of the molecule is C=C(CCC=O)S(=O)(=O)c1ccccc1. The lowest BCUT2D eigenvalue weighted by atomic mass is 10.3. The molecule has 0 radical (unpaired) electrons. The van der Waals surface area contributed by atoms with Gasteiger partial charge in [0.2, 0.25) is 9.84 Å². The van der Waals surface area contributed by atoms with Gasteiger partial charge in [-0.15, -0.1) is 0 Å². The Kier molecular flexibility index (Phi) is 3.80. The number of benzene rings is 1. The van der Waals surface area contributed by atoms with Gasteiger partial charge in [-0.2, -0.15) is 0 Å². The third kappa shape index (κ3) is 2.76. The zero-order chi connectivity index (χ0) is 11.3. The molecule has 1 aromatic rings. The predicted molar refractivity (Wildman–Crippen MR) is 58.1 cm³/mol. The molecule has 0 heterocycles. The summed E-state index contributed by atoms with van der Waals surface area (Å²) in [7, 11) is -3.46. The molecule has 4 heteroatoms.